The molecule has 0 bridgehead atoms. The molecular formula is C19H20ClN5O3. The van der Waals surface area contributed by atoms with Crippen LogP contribution in [0.5, 0.6) is 5.75 Å². The topological polar surface area (TPSA) is 85.5 Å². The molecule has 3 aromatic rings. The molecule has 0 atom stereocenters. The van der Waals surface area contributed by atoms with E-state index >= 15 is 0 Å². The second kappa shape index (κ2) is 6.96. The Kier molecular flexibility index (Phi) is 4.60. The number of halogens is 1. The Hall–Kier alpha value is -2.84. The van der Waals surface area contributed by atoms with Gasteiger partial charge in [-0.05, 0) is 45.3 Å². The summed E-state index contributed by atoms with van der Waals surface area (Å²) < 4.78 is 7.24. The van der Waals surface area contributed by atoms with Crippen molar-refractivity contribution in [3.8, 4) is 17.0 Å². The number of ether oxygens (including phenoxy) is 1. The zero-order valence-corrected chi connectivity index (χ0v) is 16.6. The van der Waals surface area contributed by atoms with Crippen molar-refractivity contribution in [2.75, 3.05) is 33.1 Å². The van der Waals surface area contributed by atoms with Crippen LogP contribution in [0.3, 0.4) is 0 Å². The van der Waals surface area contributed by atoms with Crippen LogP contribution in [0.15, 0.2) is 24.3 Å². The first-order valence-electron chi connectivity index (χ1n) is 8.89. The van der Waals surface area contributed by atoms with Crippen molar-refractivity contribution in [1.82, 2.24) is 14.7 Å². The molecule has 1 aromatic heterocycles. The van der Waals surface area contributed by atoms with Gasteiger partial charge in [0.05, 0.1) is 33.6 Å². The number of methoxy groups -OCH3 is 1. The highest BCUT2D eigenvalue weighted by molar-refractivity contribution is 6.36. The number of hydrogen-bond donors (Lipinski definition) is 1. The highest BCUT2D eigenvalue weighted by Gasteiger charge is 2.31. The van der Waals surface area contributed by atoms with E-state index in [2.05, 4.69) is 10.2 Å². The van der Waals surface area contributed by atoms with Crippen molar-refractivity contribution in [1.29, 1.82) is 0 Å². The van der Waals surface area contributed by atoms with Crippen LogP contribution in [-0.4, -0.2) is 47.4 Å². The van der Waals surface area contributed by atoms with Gasteiger partial charge in [-0.1, -0.05) is 11.6 Å². The van der Waals surface area contributed by atoms with E-state index in [1.165, 1.54) is 6.07 Å². The summed E-state index contributed by atoms with van der Waals surface area (Å²) in [5, 5.41) is 20.7. The molecule has 8 nitrogen and oxygen atoms in total. The second-order valence-corrected chi connectivity index (χ2v) is 7.35. The quantitative estimate of drug-likeness (QED) is 0.383. The molecule has 1 aliphatic rings. The van der Waals surface area contributed by atoms with Gasteiger partial charge in [0.1, 0.15) is 17.1 Å². The lowest BCUT2D eigenvalue weighted by molar-refractivity contribution is -0.383. The van der Waals surface area contributed by atoms with Crippen molar-refractivity contribution >= 4 is 39.6 Å². The highest BCUT2D eigenvalue weighted by Crippen LogP contribution is 2.51. The zero-order valence-electron chi connectivity index (χ0n) is 15.8. The normalized spacial score (nSPS) is 12.2. The molecule has 0 aliphatic carbocycles. The smallest absolute Gasteiger partial charge is 0.293 e. The number of benzene rings is 2. The van der Waals surface area contributed by atoms with Crippen molar-refractivity contribution in [2.45, 2.75) is 13.0 Å². The molecule has 9 heteroatoms. The first kappa shape index (κ1) is 18.5. The summed E-state index contributed by atoms with van der Waals surface area (Å²) in [5.41, 5.74) is 3.31. The van der Waals surface area contributed by atoms with Gasteiger partial charge in [0, 0.05) is 18.2 Å². The van der Waals surface area contributed by atoms with E-state index in [4.69, 9.17) is 21.4 Å². The number of aryl methyl sites for hydroxylation is 1. The lowest BCUT2D eigenvalue weighted by Crippen LogP contribution is -2.15. The molecule has 0 fully saturated rings. The monoisotopic (exact) mass is 401 g/mol. The molecule has 0 saturated carbocycles. The predicted octanol–water partition coefficient (Wildman–Crippen LogP) is 4.28. The minimum atomic E-state index is -0.384. The number of aromatic nitrogens is 2. The Bertz CT molecular complexity index is 1090. The Balaban J connectivity index is 1.95. The van der Waals surface area contributed by atoms with Gasteiger partial charge in [0.25, 0.3) is 5.69 Å². The summed E-state index contributed by atoms with van der Waals surface area (Å²) in [7, 11) is 5.60. The van der Waals surface area contributed by atoms with Gasteiger partial charge in [-0.15, -0.1) is 0 Å². The van der Waals surface area contributed by atoms with E-state index in [0.717, 1.165) is 18.5 Å². The van der Waals surface area contributed by atoms with Crippen molar-refractivity contribution in [2.24, 2.45) is 0 Å². The van der Waals surface area contributed by atoms with Crippen molar-refractivity contribution in [3.63, 3.8) is 0 Å². The molecular weight excluding hydrogens is 382 g/mol. The number of fused-ring (bicyclic) bond motifs is 2. The standard InChI is InChI=1S/C19H20ClN5O3/c1-23(2)9-4-10-24-12-6-7-13(25(26)27)18-16(12)19(22-24)15-11(21-18)5-8-14(28-3)17(15)20/h5-8,21H,4,9-10H2,1-3H3. The first-order chi connectivity index (χ1) is 13.4. The molecule has 28 heavy (non-hydrogen) atoms. The number of nitro benzene ring substituents is 1. The predicted molar refractivity (Wildman–Crippen MR) is 110 cm³/mol. The van der Waals surface area contributed by atoms with Gasteiger partial charge in [-0.2, -0.15) is 5.10 Å². The average Bonchev–Trinajstić information content (AvgIpc) is 3.01. The number of hydrogen-bond acceptors (Lipinski definition) is 6. The van der Waals surface area contributed by atoms with E-state index < -0.39 is 0 Å². The van der Waals surface area contributed by atoms with Crippen LogP contribution in [0, 0.1) is 10.1 Å². The third-order valence-corrected chi connectivity index (χ3v) is 5.27. The molecule has 146 valence electrons. The van der Waals surface area contributed by atoms with E-state index in [-0.39, 0.29) is 10.6 Å². The third kappa shape index (κ3) is 2.85. The van der Waals surface area contributed by atoms with Crippen LogP contribution in [0.25, 0.3) is 22.2 Å². The molecule has 0 saturated heterocycles. The number of nitrogens with one attached hydrogen (secondary N) is 1. The lowest BCUT2D eigenvalue weighted by Gasteiger charge is -2.20. The van der Waals surface area contributed by atoms with Crippen LogP contribution >= 0.6 is 11.6 Å². The number of nitrogens with zero attached hydrogens (tertiary/aromatic N) is 4. The van der Waals surface area contributed by atoms with Gasteiger partial charge in [0.2, 0.25) is 0 Å². The van der Waals surface area contributed by atoms with Crippen molar-refractivity contribution < 1.29 is 9.66 Å². The average molecular weight is 402 g/mol. The van der Waals surface area contributed by atoms with Crippen LogP contribution < -0.4 is 10.1 Å². The number of anilines is 2. The summed E-state index contributed by atoms with van der Waals surface area (Å²) >= 11 is 6.58. The summed E-state index contributed by atoms with van der Waals surface area (Å²) in [6, 6.07) is 6.81. The fourth-order valence-electron chi connectivity index (χ4n) is 3.61. The molecule has 0 radical (unpaired) electrons. The molecule has 4 rings (SSSR count). The van der Waals surface area contributed by atoms with Gasteiger partial charge in [-0.25, -0.2) is 0 Å². The van der Waals surface area contributed by atoms with Gasteiger partial charge in [0.15, 0.2) is 0 Å². The summed E-state index contributed by atoms with van der Waals surface area (Å²) in [5.74, 6) is 0.534. The Morgan fingerprint density at radius 2 is 2.11 bits per heavy atom. The maximum atomic E-state index is 11.6. The molecule has 2 heterocycles. The van der Waals surface area contributed by atoms with Gasteiger partial charge in [-0.3, -0.25) is 14.8 Å². The fraction of sp³-hybridized carbons (Fsp3) is 0.316. The van der Waals surface area contributed by atoms with E-state index in [0.29, 0.717) is 45.3 Å². The Morgan fingerprint density at radius 3 is 2.79 bits per heavy atom. The lowest BCUT2D eigenvalue weighted by atomic mass is 9.99. The Morgan fingerprint density at radius 1 is 1.32 bits per heavy atom. The first-order valence-corrected chi connectivity index (χ1v) is 9.26. The van der Waals surface area contributed by atoms with Crippen LogP contribution in [0.4, 0.5) is 17.1 Å². The van der Waals surface area contributed by atoms with E-state index in [1.807, 2.05) is 18.8 Å². The highest BCUT2D eigenvalue weighted by atomic mass is 35.5. The van der Waals surface area contributed by atoms with Crippen molar-refractivity contribution in [3.05, 3.63) is 39.4 Å². The van der Waals surface area contributed by atoms with E-state index in [1.54, 1.807) is 25.3 Å². The number of rotatable bonds is 6. The second-order valence-electron chi connectivity index (χ2n) is 6.97. The minimum Gasteiger partial charge on any atom is -0.495 e. The van der Waals surface area contributed by atoms with Crippen LogP contribution in [0.1, 0.15) is 6.42 Å². The molecule has 2 aromatic carbocycles. The fourth-order valence-corrected chi connectivity index (χ4v) is 3.94. The zero-order chi connectivity index (χ0) is 20.0. The van der Waals surface area contributed by atoms with Crippen LogP contribution in [0.2, 0.25) is 5.02 Å². The minimum absolute atomic E-state index is 0.0131. The maximum absolute atomic E-state index is 11.6. The van der Waals surface area contributed by atoms with Gasteiger partial charge >= 0.3 is 0 Å². The summed E-state index contributed by atoms with van der Waals surface area (Å²) in [4.78, 5) is 13.3. The van der Waals surface area contributed by atoms with Crippen LogP contribution in [-0.2, 0) is 6.54 Å². The molecule has 0 unspecified atom stereocenters. The molecule has 0 spiro atoms. The number of nitro groups is 1. The van der Waals surface area contributed by atoms with Gasteiger partial charge < -0.3 is 15.0 Å². The molecule has 1 aliphatic heterocycles. The SMILES string of the molecule is COc1ccc2c(c1Cl)-c1nn(CCCN(C)C)c3ccc([N+](=O)[O-])c(c13)N2. The summed E-state index contributed by atoms with van der Waals surface area (Å²) in [6.07, 6.45) is 0.904. The largest absolute Gasteiger partial charge is 0.495 e. The third-order valence-electron chi connectivity index (χ3n) is 4.89. The Labute approximate surface area is 166 Å². The molecule has 1 N–H and O–H groups in total. The summed E-state index contributed by atoms with van der Waals surface area (Å²) in [6.45, 7) is 1.61. The molecule has 0 amide bonds. The van der Waals surface area contributed by atoms with E-state index in [9.17, 15) is 10.1 Å². The maximum Gasteiger partial charge on any atom is 0.293 e.